The first-order valence-corrected chi connectivity index (χ1v) is 6.89. The Morgan fingerprint density at radius 2 is 1.64 bits per heavy atom. The highest BCUT2D eigenvalue weighted by Gasteiger charge is 2.40. The molecule has 1 heterocycles. The second-order valence-corrected chi connectivity index (χ2v) is 6.15. The van der Waals surface area contributed by atoms with Crippen LogP contribution in [0, 0.1) is 0 Å². The maximum Gasteiger partial charge on any atom is 0.415 e. The largest absolute Gasteiger partial charge is 0.453 e. The molecule has 6 nitrogen and oxygen atoms in total. The summed E-state index contributed by atoms with van der Waals surface area (Å²) in [7, 11) is 0. The molecular formula is C13H21F3N2O4. The Balaban J connectivity index is 2.45. The lowest BCUT2D eigenvalue weighted by Gasteiger charge is -2.35. The maximum absolute atomic E-state index is 12.3. The molecule has 0 aliphatic carbocycles. The minimum atomic E-state index is -4.66. The topological polar surface area (TPSA) is 70.1 Å². The second-order valence-electron chi connectivity index (χ2n) is 6.15. The molecule has 0 aromatic heterocycles. The van der Waals surface area contributed by atoms with Crippen LogP contribution in [-0.4, -0.2) is 77.4 Å². The van der Waals surface area contributed by atoms with Gasteiger partial charge in [0.15, 0.2) is 6.10 Å². The lowest BCUT2D eigenvalue weighted by molar-refractivity contribution is -0.209. The summed E-state index contributed by atoms with van der Waals surface area (Å²) >= 11 is 0. The average Bonchev–Trinajstić information content (AvgIpc) is 2.35. The molecule has 0 spiro atoms. The van der Waals surface area contributed by atoms with Gasteiger partial charge < -0.3 is 14.7 Å². The standard InChI is InChI=1S/C13H21F3N2O4/c1-12(2,3)22-11(21)10(20)18-6-4-17(5-7-18)8-9(19)13(14,15)16/h9,19H,4-8H2,1-3H3. The van der Waals surface area contributed by atoms with E-state index in [2.05, 4.69) is 0 Å². The molecule has 128 valence electrons. The lowest BCUT2D eigenvalue weighted by Crippen LogP contribution is -2.53. The van der Waals surface area contributed by atoms with E-state index in [0.29, 0.717) is 0 Å². The summed E-state index contributed by atoms with van der Waals surface area (Å²) < 4.78 is 41.8. The van der Waals surface area contributed by atoms with Gasteiger partial charge in [0, 0.05) is 32.7 Å². The lowest BCUT2D eigenvalue weighted by atomic mass is 10.2. The van der Waals surface area contributed by atoms with Crippen LogP contribution in [0.5, 0.6) is 0 Å². The molecule has 1 aliphatic rings. The van der Waals surface area contributed by atoms with Crippen molar-refractivity contribution in [3.63, 3.8) is 0 Å². The number of hydrogen-bond acceptors (Lipinski definition) is 5. The molecule has 22 heavy (non-hydrogen) atoms. The van der Waals surface area contributed by atoms with E-state index in [1.54, 1.807) is 20.8 Å². The van der Waals surface area contributed by atoms with Crippen LogP contribution < -0.4 is 0 Å². The van der Waals surface area contributed by atoms with Gasteiger partial charge in [-0.05, 0) is 20.8 Å². The first-order chi connectivity index (χ1) is 9.90. The van der Waals surface area contributed by atoms with Gasteiger partial charge in [-0.25, -0.2) is 4.79 Å². The van der Waals surface area contributed by atoms with Crippen molar-refractivity contribution >= 4 is 11.9 Å². The van der Waals surface area contributed by atoms with Crippen molar-refractivity contribution in [1.29, 1.82) is 0 Å². The quantitative estimate of drug-likeness (QED) is 0.587. The molecule has 1 saturated heterocycles. The van der Waals surface area contributed by atoms with E-state index in [-0.39, 0.29) is 26.2 Å². The van der Waals surface area contributed by atoms with Gasteiger partial charge in [0.2, 0.25) is 0 Å². The maximum atomic E-state index is 12.3. The molecule has 1 fully saturated rings. The summed E-state index contributed by atoms with van der Waals surface area (Å²) in [6.45, 7) is 4.89. The Kier molecular flexibility index (Phi) is 5.80. The van der Waals surface area contributed by atoms with Gasteiger partial charge in [-0.3, -0.25) is 9.69 Å². The monoisotopic (exact) mass is 326 g/mol. The molecule has 1 rings (SSSR count). The highest BCUT2D eigenvalue weighted by Crippen LogP contribution is 2.21. The molecule has 1 atom stereocenters. The molecule has 0 aromatic rings. The highest BCUT2D eigenvalue weighted by molar-refractivity contribution is 6.32. The molecule has 1 unspecified atom stereocenters. The number of halogens is 3. The van der Waals surface area contributed by atoms with E-state index in [4.69, 9.17) is 9.84 Å². The number of carbonyl (C=O) groups excluding carboxylic acids is 2. The fourth-order valence-electron chi connectivity index (χ4n) is 1.93. The third kappa shape index (κ3) is 5.80. The van der Waals surface area contributed by atoms with Crippen molar-refractivity contribution in [2.24, 2.45) is 0 Å². The average molecular weight is 326 g/mol. The summed E-state index contributed by atoms with van der Waals surface area (Å²) in [5.41, 5.74) is -0.786. The van der Waals surface area contributed by atoms with Crippen LogP contribution in [0.15, 0.2) is 0 Å². The van der Waals surface area contributed by atoms with Gasteiger partial charge in [-0.2, -0.15) is 13.2 Å². The molecule has 0 aromatic carbocycles. The summed E-state index contributed by atoms with van der Waals surface area (Å²) in [5.74, 6) is -1.78. The van der Waals surface area contributed by atoms with Crippen molar-refractivity contribution in [3.8, 4) is 0 Å². The third-order valence-corrected chi connectivity index (χ3v) is 3.04. The first kappa shape index (κ1) is 18.7. The fourth-order valence-corrected chi connectivity index (χ4v) is 1.93. The zero-order valence-corrected chi connectivity index (χ0v) is 12.8. The highest BCUT2D eigenvalue weighted by atomic mass is 19.4. The Labute approximate surface area is 126 Å². The van der Waals surface area contributed by atoms with E-state index in [1.807, 2.05) is 0 Å². The van der Waals surface area contributed by atoms with Crippen molar-refractivity contribution in [3.05, 3.63) is 0 Å². The molecule has 1 amide bonds. The number of carbonyl (C=O) groups is 2. The smallest absolute Gasteiger partial charge is 0.415 e. The number of hydrogen-bond donors (Lipinski definition) is 1. The number of β-amino-alcohol motifs (C(OH)–C–C–N with tert-alkyl or cyclic N) is 1. The van der Waals surface area contributed by atoms with E-state index in [1.165, 1.54) is 9.80 Å². The zero-order chi connectivity index (χ0) is 17.1. The number of esters is 1. The molecule has 1 aliphatic heterocycles. The predicted molar refractivity (Wildman–Crippen MR) is 70.9 cm³/mol. The van der Waals surface area contributed by atoms with Crippen molar-refractivity contribution in [1.82, 2.24) is 9.80 Å². The van der Waals surface area contributed by atoms with E-state index < -0.39 is 36.3 Å². The Morgan fingerprint density at radius 1 is 1.14 bits per heavy atom. The molecule has 9 heteroatoms. The molecule has 0 radical (unpaired) electrons. The number of aliphatic hydroxyl groups excluding tert-OH is 1. The first-order valence-electron chi connectivity index (χ1n) is 6.89. The second kappa shape index (κ2) is 6.82. The van der Waals surface area contributed by atoms with E-state index in [0.717, 1.165) is 0 Å². The van der Waals surface area contributed by atoms with Crippen LogP contribution >= 0.6 is 0 Å². The number of ether oxygens (including phenoxy) is 1. The molecule has 0 bridgehead atoms. The Bertz CT molecular complexity index is 412. The van der Waals surface area contributed by atoms with Crippen LogP contribution in [0.25, 0.3) is 0 Å². The number of aliphatic hydroxyl groups is 1. The summed E-state index contributed by atoms with van der Waals surface area (Å²) in [4.78, 5) is 26.1. The predicted octanol–water partition coefficient (Wildman–Crippen LogP) is 0.395. The van der Waals surface area contributed by atoms with Crippen LogP contribution in [0.2, 0.25) is 0 Å². The van der Waals surface area contributed by atoms with E-state index >= 15 is 0 Å². The Morgan fingerprint density at radius 3 is 2.05 bits per heavy atom. The normalized spacial score (nSPS) is 19.0. The molecule has 1 N–H and O–H groups in total. The number of alkyl halides is 3. The van der Waals surface area contributed by atoms with Crippen molar-refractivity contribution in [2.45, 2.75) is 38.7 Å². The molecular weight excluding hydrogens is 305 g/mol. The number of amides is 1. The zero-order valence-electron chi connectivity index (χ0n) is 12.8. The number of piperazine rings is 1. The van der Waals surface area contributed by atoms with Crippen LogP contribution in [0.3, 0.4) is 0 Å². The Hall–Kier alpha value is -1.35. The van der Waals surface area contributed by atoms with Gasteiger partial charge in [-0.1, -0.05) is 0 Å². The summed E-state index contributed by atoms with van der Waals surface area (Å²) in [6.07, 6.45) is -7.08. The summed E-state index contributed by atoms with van der Waals surface area (Å²) in [6, 6.07) is 0. The molecule has 0 saturated carbocycles. The van der Waals surface area contributed by atoms with Crippen LogP contribution in [-0.2, 0) is 14.3 Å². The minimum absolute atomic E-state index is 0.114. The van der Waals surface area contributed by atoms with Crippen LogP contribution in [0.4, 0.5) is 13.2 Å². The summed E-state index contributed by atoms with van der Waals surface area (Å²) in [5, 5.41) is 9.01. The number of rotatable bonds is 2. The minimum Gasteiger partial charge on any atom is -0.453 e. The SMILES string of the molecule is CC(C)(C)OC(=O)C(=O)N1CCN(CC(O)C(F)(F)F)CC1. The van der Waals surface area contributed by atoms with Gasteiger partial charge >= 0.3 is 18.1 Å². The van der Waals surface area contributed by atoms with Gasteiger partial charge in [-0.15, -0.1) is 0 Å². The van der Waals surface area contributed by atoms with Gasteiger partial charge in [0.25, 0.3) is 0 Å². The van der Waals surface area contributed by atoms with E-state index in [9.17, 15) is 22.8 Å². The van der Waals surface area contributed by atoms with Gasteiger partial charge in [0.05, 0.1) is 0 Å². The third-order valence-electron chi connectivity index (χ3n) is 3.04. The van der Waals surface area contributed by atoms with Crippen molar-refractivity contribution < 1.29 is 32.6 Å². The van der Waals surface area contributed by atoms with Crippen molar-refractivity contribution in [2.75, 3.05) is 32.7 Å². The van der Waals surface area contributed by atoms with Crippen LogP contribution in [0.1, 0.15) is 20.8 Å². The number of nitrogens with zero attached hydrogens (tertiary/aromatic N) is 2. The van der Waals surface area contributed by atoms with Gasteiger partial charge in [0.1, 0.15) is 5.60 Å². The fraction of sp³-hybridized carbons (Fsp3) is 0.846.